The Morgan fingerprint density at radius 2 is 1.81 bits per heavy atom. The molecule has 0 bridgehead atoms. The van der Waals surface area contributed by atoms with E-state index in [4.69, 9.17) is 16.4 Å². The molecule has 0 N–H and O–H groups in total. The van der Waals surface area contributed by atoms with Gasteiger partial charge in [-0.3, -0.25) is 4.79 Å². The van der Waals surface area contributed by atoms with E-state index in [0.29, 0.717) is 12.1 Å². The summed E-state index contributed by atoms with van der Waals surface area (Å²) in [7, 11) is 0. The number of amides is 1. The van der Waals surface area contributed by atoms with Gasteiger partial charge < -0.3 is 9.74 Å². The lowest BCUT2D eigenvalue weighted by Gasteiger charge is -2.17. The van der Waals surface area contributed by atoms with Crippen molar-refractivity contribution in [2.24, 2.45) is 10.6 Å². The first-order chi connectivity index (χ1) is 12.8. The largest absolute Gasteiger partial charge is 0.341 e. The highest BCUT2D eigenvalue weighted by molar-refractivity contribution is 6.54. The fourth-order valence-corrected chi connectivity index (χ4v) is 2.76. The van der Waals surface area contributed by atoms with E-state index in [0.717, 1.165) is 16.8 Å². The zero-order valence-corrected chi connectivity index (χ0v) is 16.3. The zero-order chi connectivity index (χ0) is 19.6. The quantitative estimate of drug-likeness (QED) is 0.444. The molecule has 2 aromatic rings. The summed E-state index contributed by atoms with van der Waals surface area (Å²) in [6.07, 6.45) is 0. The van der Waals surface area contributed by atoms with Crippen LogP contribution in [0.1, 0.15) is 30.5 Å². The molecule has 0 aromatic heterocycles. The van der Waals surface area contributed by atoms with Crippen LogP contribution in [0.25, 0.3) is 0 Å². The molecule has 6 heteroatoms. The Morgan fingerprint density at radius 1 is 1.15 bits per heavy atom. The molecule has 1 amide bonds. The van der Waals surface area contributed by atoms with E-state index in [9.17, 15) is 9.59 Å². The van der Waals surface area contributed by atoms with E-state index in [1.807, 2.05) is 49.4 Å². The number of carbonyl (C=O) groups excluding carboxylic acids is 2. The van der Waals surface area contributed by atoms with Gasteiger partial charge in [0.15, 0.2) is 5.71 Å². The lowest BCUT2D eigenvalue weighted by Crippen LogP contribution is -2.31. The topological polar surface area (TPSA) is 59.0 Å². The van der Waals surface area contributed by atoms with Crippen molar-refractivity contribution in [3.63, 3.8) is 0 Å². The van der Waals surface area contributed by atoms with Crippen LogP contribution < -0.4 is 4.90 Å². The van der Waals surface area contributed by atoms with Crippen LogP contribution in [0.2, 0.25) is 0 Å². The molecule has 0 fully saturated rings. The maximum Gasteiger partial charge on any atom is 0.341 e. The Morgan fingerprint density at radius 3 is 2.48 bits per heavy atom. The molecule has 5 nitrogen and oxygen atoms in total. The number of oxime groups is 1. The van der Waals surface area contributed by atoms with Crippen molar-refractivity contribution in [1.82, 2.24) is 0 Å². The highest BCUT2D eigenvalue weighted by Crippen LogP contribution is 2.31. The third kappa shape index (κ3) is 3.88. The number of aryl methyl sites for hydroxylation is 1. The van der Waals surface area contributed by atoms with Crippen molar-refractivity contribution in [2.45, 2.75) is 27.3 Å². The number of nitrogens with zero attached hydrogens (tertiary/aromatic N) is 2. The maximum atomic E-state index is 12.9. The highest BCUT2D eigenvalue weighted by atomic mass is 35.5. The van der Waals surface area contributed by atoms with Crippen molar-refractivity contribution in [2.75, 3.05) is 10.8 Å². The summed E-state index contributed by atoms with van der Waals surface area (Å²) >= 11 is 5.79. The fraction of sp³-hybridized carbons (Fsp3) is 0.286. The van der Waals surface area contributed by atoms with E-state index in [1.165, 1.54) is 0 Å². The van der Waals surface area contributed by atoms with Crippen molar-refractivity contribution in [3.05, 3.63) is 65.2 Å². The fourth-order valence-electron chi connectivity index (χ4n) is 2.65. The van der Waals surface area contributed by atoms with Crippen molar-refractivity contribution < 1.29 is 14.4 Å². The Labute approximate surface area is 163 Å². The molecule has 2 aromatic carbocycles. The summed E-state index contributed by atoms with van der Waals surface area (Å²) in [4.78, 5) is 31.8. The molecule has 0 saturated carbocycles. The lowest BCUT2D eigenvalue weighted by atomic mass is 9.97. The van der Waals surface area contributed by atoms with Crippen LogP contribution >= 0.6 is 11.6 Å². The van der Waals surface area contributed by atoms with Crippen LogP contribution in [0, 0.1) is 12.3 Å². The predicted molar refractivity (Wildman–Crippen MR) is 106 cm³/mol. The molecule has 3 rings (SSSR count). The second-order valence-corrected chi connectivity index (χ2v) is 7.50. The van der Waals surface area contributed by atoms with E-state index in [-0.39, 0.29) is 17.5 Å². The van der Waals surface area contributed by atoms with Crippen molar-refractivity contribution in [3.8, 4) is 0 Å². The van der Waals surface area contributed by atoms with Gasteiger partial charge >= 0.3 is 5.97 Å². The number of carbonyl (C=O) groups is 2. The van der Waals surface area contributed by atoms with Crippen LogP contribution in [0.3, 0.4) is 0 Å². The molecule has 1 aliphatic rings. The highest BCUT2D eigenvalue weighted by Gasteiger charge is 2.35. The van der Waals surface area contributed by atoms with Gasteiger partial charge in [-0.2, -0.15) is 0 Å². The lowest BCUT2D eigenvalue weighted by molar-refractivity contribution is -0.152. The molecule has 0 unspecified atom stereocenters. The minimum Gasteiger partial charge on any atom is -0.317 e. The minimum atomic E-state index is -0.881. The SMILES string of the molecule is Cc1ccc(CN2C(=O)/C(=N/OC(=O)C(C)(C)CCl)c3ccccc32)cc1. The summed E-state index contributed by atoms with van der Waals surface area (Å²) in [6.45, 7) is 5.76. The Kier molecular flexibility index (Phi) is 5.33. The number of alkyl halides is 1. The van der Waals surface area contributed by atoms with E-state index in [1.54, 1.807) is 24.8 Å². The molecule has 0 spiro atoms. The van der Waals surface area contributed by atoms with Gasteiger partial charge in [-0.15, -0.1) is 11.6 Å². The Bertz CT molecular complexity index is 904. The van der Waals surface area contributed by atoms with Crippen LogP contribution in [0.4, 0.5) is 5.69 Å². The van der Waals surface area contributed by atoms with Gasteiger partial charge in [-0.25, -0.2) is 4.79 Å². The Balaban J connectivity index is 1.89. The van der Waals surface area contributed by atoms with E-state index in [2.05, 4.69) is 5.16 Å². The Hall–Kier alpha value is -2.66. The smallest absolute Gasteiger partial charge is 0.317 e. The van der Waals surface area contributed by atoms with Crippen molar-refractivity contribution >= 4 is 34.9 Å². The van der Waals surface area contributed by atoms with Gasteiger partial charge in [0.05, 0.1) is 17.6 Å². The number of hydrogen-bond acceptors (Lipinski definition) is 4. The van der Waals surface area contributed by atoms with Gasteiger partial charge in [0.2, 0.25) is 0 Å². The summed E-state index contributed by atoms with van der Waals surface area (Å²) < 4.78 is 0. The minimum absolute atomic E-state index is 0.0980. The summed E-state index contributed by atoms with van der Waals surface area (Å²) in [6, 6.07) is 15.3. The van der Waals surface area contributed by atoms with Gasteiger partial charge in [0.1, 0.15) is 0 Å². The van der Waals surface area contributed by atoms with Crippen LogP contribution in [-0.2, 0) is 21.0 Å². The number of para-hydroxylation sites is 1. The summed E-state index contributed by atoms with van der Waals surface area (Å²) in [5.74, 6) is -0.777. The molecule has 1 aliphatic heterocycles. The van der Waals surface area contributed by atoms with Gasteiger partial charge in [0, 0.05) is 11.4 Å². The van der Waals surface area contributed by atoms with E-state index < -0.39 is 11.4 Å². The molecule has 0 saturated heterocycles. The standard InChI is InChI=1S/C21H21ClN2O3/c1-14-8-10-15(11-9-14)12-24-17-7-5-4-6-16(17)18(19(24)25)23-27-20(26)21(2,3)13-22/h4-11H,12-13H2,1-3H3/b23-18+. The number of anilines is 1. The summed E-state index contributed by atoms with van der Waals surface area (Å²) in [5, 5.41) is 3.88. The molecule has 0 atom stereocenters. The van der Waals surface area contributed by atoms with Crippen LogP contribution in [0.5, 0.6) is 0 Å². The normalized spacial score (nSPS) is 15.2. The van der Waals surface area contributed by atoms with E-state index >= 15 is 0 Å². The molecular formula is C21H21ClN2O3. The average Bonchev–Trinajstić information content (AvgIpc) is 2.93. The molecule has 0 radical (unpaired) electrons. The number of hydrogen-bond donors (Lipinski definition) is 0. The predicted octanol–water partition coefficient (Wildman–Crippen LogP) is 4.05. The number of fused-ring (bicyclic) bond motifs is 1. The second kappa shape index (κ2) is 7.53. The summed E-state index contributed by atoms with van der Waals surface area (Å²) in [5.41, 5.74) is 2.79. The molecule has 140 valence electrons. The van der Waals surface area contributed by atoms with Crippen LogP contribution in [0.15, 0.2) is 53.7 Å². The third-order valence-corrected chi connectivity index (χ3v) is 5.13. The average molecular weight is 385 g/mol. The maximum absolute atomic E-state index is 12.9. The second-order valence-electron chi connectivity index (χ2n) is 7.23. The molecule has 0 aliphatic carbocycles. The third-order valence-electron chi connectivity index (χ3n) is 4.47. The number of benzene rings is 2. The van der Waals surface area contributed by atoms with Gasteiger partial charge in [-0.05, 0) is 32.4 Å². The van der Waals surface area contributed by atoms with Crippen molar-refractivity contribution in [1.29, 1.82) is 0 Å². The molecule has 1 heterocycles. The zero-order valence-electron chi connectivity index (χ0n) is 15.5. The first-order valence-electron chi connectivity index (χ1n) is 8.66. The number of rotatable bonds is 5. The van der Waals surface area contributed by atoms with Crippen LogP contribution in [-0.4, -0.2) is 23.5 Å². The van der Waals surface area contributed by atoms with Gasteiger partial charge in [0.25, 0.3) is 5.91 Å². The molecular weight excluding hydrogens is 364 g/mol. The monoisotopic (exact) mass is 384 g/mol. The van der Waals surface area contributed by atoms with Gasteiger partial charge in [-0.1, -0.05) is 53.2 Å². The first kappa shape index (κ1) is 19.1. The molecule has 27 heavy (non-hydrogen) atoms. The first-order valence-corrected chi connectivity index (χ1v) is 9.19. The number of halogens is 1.